The maximum atomic E-state index is 5.93. The molecule has 9 rings (SSSR count). The molecule has 0 unspecified atom stereocenters. The summed E-state index contributed by atoms with van der Waals surface area (Å²) in [6, 6.07) is 48.5. The Morgan fingerprint density at radius 2 is 0.750 bits per heavy atom. The van der Waals surface area contributed by atoms with Gasteiger partial charge >= 0.3 is 0 Å². The van der Waals surface area contributed by atoms with Crippen LogP contribution in [0.4, 0.5) is 0 Å². The van der Waals surface area contributed by atoms with E-state index in [9.17, 15) is 0 Å². The Bertz CT molecular complexity index is 2400. The molecule has 0 aliphatic heterocycles. The first-order valence-electron chi connectivity index (χ1n) is 15.0. The van der Waals surface area contributed by atoms with E-state index in [1.54, 1.807) is 14.2 Å². The van der Waals surface area contributed by atoms with Crippen molar-refractivity contribution in [1.29, 1.82) is 0 Å². The van der Waals surface area contributed by atoms with Crippen LogP contribution in [0.5, 0.6) is 11.5 Å². The van der Waals surface area contributed by atoms with Gasteiger partial charge < -0.3 is 9.47 Å². The lowest BCUT2D eigenvalue weighted by Gasteiger charge is -2.20. The van der Waals surface area contributed by atoms with E-state index in [4.69, 9.17) is 9.47 Å². The van der Waals surface area contributed by atoms with Gasteiger partial charge in [0.1, 0.15) is 11.5 Å². The van der Waals surface area contributed by atoms with E-state index < -0.39 is 0 Å². The van der Waals surface area contributed by atoms with E-state index >= 15 is 0 Å². The third kappa shape index (κ3) is 3.61. The number of methoxy groups -OCH3 is 2. The van der Waals surface area contributed by atoms with Crippen LogP contribution < -0.4 is 9.47 Å². The Balaban J connectivity index is 1.40. The van der Waals surface area contributed by atoms with Gasteiger partial charge in [0.25, 0.3) is 0 Å². The van der Waals surface area contributed by atoms with Crippen molar-refractivity contribution in [2.45, 2.75) is 0 Å². The van der Waals surface area contributed by atoms with Crippen molar-refractivity contribution in [2.24, 2.45) is 0 Å². The molecule has 9 aromatic carbocycles. The Kier molecular flexibility index (Phi) is 5.36. The lowest BCUT2D eigenvalue weighted by molar-refractivity contribution is 0.415. The number of benzene rings is 9. The molecule has 0 aliphatic rings. The minimum atomic E-state index is 0.844. The fraction of sp³-hybridized carbons (Fsp3) is 0.0476. The number of rotatable bonds is 4. The van der Waals surface area contributed by atoms with Crippen molar-refractivity contribution < 1.29 is 9.47 Å². The second-order valence-electron chi connectivity index (χ2n) is 11.6. The minimum absolute atomic E-state index is 0.844. The first-order chi connectivity index (χ1) is 21.7. The maximum absolute atomic E-state index is 5.93. The van der Waals surface area contributed by atoms with Crippen LogP contribution in [0.3, 0.4) is 0 Å². The van der Waals surface area contributed by atoms with Crippen molar-refractivity contribution in [1.82, 2.24) is 0 Å². The van der Waals surface area contributed by atoms with Gasteiger partial charge in [0.15, 0.2) is 0 Å². The Morgan fingerprint density at radius 1 is 0.341 bits per heavy atom. The lowest BCUT2D eigenvalue weighted by Crippen LogP contribution is -1.94. The predicted molar refractivity (Wildman–Crippen MR) is 187 cm³/mol. The quantitative estimate of drug-likeness (QED) is 0.156. The van der Waals surface area contributed by atoms with E-state index in [1.165, 1.54) is 86.9 Å². The third-order valence-electron chi connectivity index (χ3n) is 9.35. The van der Waals surface area contributed by atoms with Crippen LogP contribution in [0.1, 0.15) is 0 Å². The second-order valence-corrected chi connectivity index (χ2v) is 11.6. The molecule has 44 heavy (non-hydrogen) atoms. The highest BCUT2D eigenvalue weighted by Crippen LogP contribution is 2.48. The molecule has 0 bridgehead atoms. The van der Waals surface area contributed by atoms with Crippen LogP contribution in [-0.2, 0) is 0 Å². The summed E-state index contributed by atoms with van der Waals surface area (Å²) in [5.74, 6) is 1.69. The zero-order valence-electron chi connectivity index (χ0n) is 24.5. The van der Waals surface area contributed by atoms with Crippen molar-refractivity contribution in [3.8, 4) is 33.8 Å². The fourth-order valence-electron chi connectivity index (χ4n) is 7.24. The summed E-state index contributed by atoms with van der Waals surface area (Å²) >= 11 is 0. The van der Waals surface area contributed by atoms with E-state index in [0.717, 1.165) is 11.5 Å². The zero-order chi connectivity index (χ0) is 29.4. The predicted octanol–water partition coefficient (Wildman–Crippen LogP) is 11.4. The molecule has 0 N–H and O–H groups in total. The van der Waals surface area contributed by atoms with Gasteiger partial charge in [-0.05, 0) is 123 Å². The van der Waals surface area contributed by atoms with Crippen LogP contribution in [-0.4, -0.2) is 14.2 Å². The van der Waals surface area contributed by atoms with Gasteiger partial charge in [0.05, 0.1) is 14.2 Å². The summed E-state index contributed by atoms with van der Waals surface area (Å²) in [5.41, 5.74) is 4.79. The average Bonchev–Trinajstić information content (AvgIpc) is 3.09. The molecule has 0 amide bonds. The van der Waals surface area contributed by atoms with E-state index in [-0.39, 0.29) is 0 Å². The van der Waals surface area contributed by atoms with Crippen LogP contribution in [0.25, 0.3) is 86.9 Å². The summed E-state index contributed by atoms with van der Waals surface area (Å²) in [5, 5.41) is 14.7. The summed E-state index contributed by atoms with van der Waals surface area (Å²) < 4.78 is 11.9. The monoisotopic (exact) mass is 564 g/mol. The number of hydrogen-bond acceptors (Lipinski definition) is 2. The van der Waals surface area contributed by atoms with Crippen molar-refractivity contribution in [2.75, 3.05) is 14.2 Å². The molecular formula is C42H28O2. The topological polar surface area (TPSA) is 18.5 Å². The van der Waals surface area contributed by atoms with Crippen LogP contribution >= 0.6 is 0 Å². The first-order valence-corrected chi connectivity index (χ1v) is 15.0. The van der Waals surface area contributed by atoms with Gasteiger partial charge in [-0.3, -0.25) is 0 Å². The molecule has 9 aromatic rings. The molecule has 0 heterocycles. The maximum Gasteiger partial charge on any atom is 0.120 e. The number of ether oxygens (including phenoxy) is 2. The molecule has 0 spiro atoms. The second kappa shape index (κ2) is 9.45. The van der Waals surface area contributed by atoms with Crippen LogP contribution in [0, 0.1) is 0 Å². The van der Waals surface area contributed by atoms with Gasteiger partial charge in [-0.25, -0.2) is 0 Å². The molecule has 0 aromatic heterocycles. The highest BCUT2D eigenvalue weighted by molar-refractivity contribution is 6.35. The van der Waals surface area contributed by atoms with Crippen molar-refractivity contribution >= 4 is 64.6 Å². The van der Waals surface area contributed by atoms with Crippen molar-refractivity contribution in [3.63, 3.8) is 0 Å². The average molecular weight is 565 g/mol. The number of hydrogen-bond donors (Lipinski definition) is 0. The lowest BCUT2D eigenvalue weighted by atomic mass is 9.84. The molecule has 2 heteroatoms. The van der Waals surface area contributed by atoms with Gasteiger partial charge in [0, 0.05) is 0 Å². The zero-order valence-corrected chi connectivity index (χ0v) is 24.5. The largest absolute Gasteiger partial charge is 0.497 e. The molecule has 0 fully saturated rings. The Labute approximate surface area is 255 Å². The first kappa shape index (κ1) is 24.9. The molecular weight excluding hydrogens is 536 g/mol. The smallest absolute Gasteiger partial charge is 0.120 e. The molecule has 0 saturated carbocycles. The van der Waals surface area contributed by atoms with Gasteiger partial charge in [0.2, 0.25) is 0 Å². The summed E-state index contributed by atoms with van der Waals surface area (Å²) in [4.78, 5) is 0. The van der Waals surface area contributed by atoms with Crippen molar-refractivity contribution in [3.05, 3.63) is 133 Å². The third-order valence-corrected chi connectivity index (χ3v) is 9.35. The molecule has 0 radical (unpaired) electrons. The minimum Gasteiger partial charge on any atom is -0.497 e. The molecule has 208 valence electrons. The van der Waals surface area contributed by atoms with E-state index in [0.29, 0.717) is 0 Å². The van der Waals surface area contributed by atoms with Gasteiger partial charge in [-0.15, -0.1) is 0 Å². The highest BCUT2D eigenvalue weighted by Gasteiger charge is 2.20. The Morgan fingerprint density at radius 3 is 1.18 bits per heavy atom. The molecule has 0 atom stereocenters. The SMILES string of the molecule is COc1cc2c(-c3ccc4ccccc4c3)ccc3c4ccc(-c5ccc6ccccc6c5)c5cc(OC)cc(c(c1)c23)c54. The van der Waals surface area contributed by atoms with Gasteiger partial charge in [-0.1, -0.05) is 97.1 Å². The summed E-state index contributed by atoms with van der Waals surface area (Å²) in [7, 11) is 3.51. The Hall–Kier alpha value is -5.60. The standard InChI is InChI=1S/C42H28O2/c1-43-31-21-37-33(29-13-11-25-7-3-5-9-27(25)19-29)15-17-35-36-18-16-34(30-14-12-26-8-4-6-10-28(26)20-30)38-22-32(44-2)24-40(42(36)38)39(23-31)41(35)37/h3-24H,1-2H3. The molecule has 0 aliphatic carbocycles. The number of fused-ring (bicyclic) bond motifs is 4. The fourth-order valence-corrected chi connectivity index (χ4v) is 7.24. The highest BCUT2D eigenvalue weighted by atomic mass is 16.5. The summed E-state index contributed by atoms with van der Waals surface area (Å²) in [6.45, 7) is 0. The molecule has 2 nitrogen and oxygen atoms in total. The van der Waals surface area contributed by atoms with Crippen LogP contribution in [0.2, 0.25) is 0 Å². The van der Waals surface area contributed by atoms with Gasteiger partial charge in [-0.2, -0.15) is 0 Å². The van der Waals surface area contributed by atoms with E-state index in [1.807, 2.05) is 0 Å². The molecule has 0 saturated heterocycles. The van der Waals surface area contributed by atoms with E-state index in [2.05, 4.69) is 133 Å². The summed E-state index contributed by atoms with van der Waals surface area (Å²) in [6.07, 6.45) is 0. The normalized spacial score (nSPS) is 11.9. The van der Waals surface area contributed by atoms with Crippen LogP contribution in [0.15, 0.2) is 133 Å².